The molecule has 3 atom stereocenters. The molecule has 2 aliphatic rings. The molecule has 2 aromatic rings. The molecule has 16 heteroatoms. The zero-order valence-corrected chi connectivity index (χ0v) is 19.8. The Morgan fingerprint density at radius 3 is 2.67 bits per heavy atom. The fourth-order valence-electron chi connectivity index (χ4n) is 3.94. The molecule has 0 saturated carbocycles. The van der Waals surface area contributed by atoms with Crippen molar-refractivity contribution >= 4 is 39.4 Å². The molecule has 3 heterocycles. The van der Waals surface area contributed by atoms with Gasteiger partial charge in [0.15, 0.2) is 10.6 Å². The van der Waals surface area contributed by atoms with E-state index in [-0.39, 0.29) is 24.5 Å². The van der Waals surface area contributed by atoms with Crippen molar-refractivity contribution in [3.05, 3.63) is 46.4 Å². The van der Waals surface area contributed by atoms with E-state index in [1.54, 1.807) is 0 Å². The highest BCUT2D eigenvalue weighted by Gasteiger charge is 2.43. The van der Waals surface area contributed by atoms with Gasteiger partial charge in [0.1, 0.15) is 37.5 Å². The first-order chi connectivity index (χ1) is 17.0. The Balaban J connectivity index is 1.60. The number of hydrogen-bond donors (Lipinski definition) is 1. The summed E-state index contributed by atoms with van der Waals surface area (Å²) >= 11 is 0. The predicted octanol–water partition coefficient (Wildman–Crippen LogP) is 0.788. The van der Waals surface area contributed by atoms with E-state index in [4.69, 9.17) is 14.2 Å². The topological polar surface area (TPSA) is 189 Å². The molecule has 1 N–H and O–H groups in total. The maximum Gasteiger partial charge on any atom is 0.303 e. The van der Waals surface area contributed by atoms with Gasteiger partial charge in [0, 0.05) is 26.3 Å². The molecule has 1 amide bonds. The van der Waals surface area contributed by atoms with E-state index in [9.17, 15) is 32.9 Å². The Labute approximate surface area is 204 Å². The van der Waals surface area contributed by atoms with Gasteiger partial charge in [0.2, 0.25) is 0 Å². The Kier molecular flexibility index (Phi) is 6.64. The maximum absolute atomic E-state index is 13.1. The number of esters is 2. The Morgan fingerprint density at radius 2 is 2.00 bits per heavy atom. The van der Waals surface area contributed by atoms with Crippen molar-refractivity contribution in [3.8, 4) is 0 Å². The van der Waals surface area contributed by atoms with Gasteiger partial charge in [-0.15, -0.1) is 0 Å². The number of anilines is 1. The minimum Gasteiger partial charge on any atom is -0.463 e. The van der Waals surface area contributed by atoms with E-state index in [0.717, 1.165) is 12.1 Å². The van der Waals surface area contributed by atoms with Crippen LogP contribution in [0.25, 0.3) is 0 Å². The van der Waals surface area contributed by atoms with Crippen LogP contribution in [0, 0.1) is 10.1 Å². The first-order valence-corrected chi connectivity index (χ1v) is 12.0. The van der Waals surface area contributed by atoms with Crippen LogP contribution in [0.5, 0.6) is 0 Å². The second-order valence-electron chi connectivity index (χ2n) is 7.88. The second kappa shape index (κ2) is 9.54. The summed E-state index contributed by atoms with van der Waals surface area (Å²) < 4.78 is 44.3. The first kappa shape index (κ1) is 25.1. The number of rotatable bonds is 7. The smallest absolute Gasteiger partial charge is 0.303 e. The minimum absolute atomic E-state index is 0.141. The Hall–Kier alpha value is -4.05. The number of sulfonamides is 1. The summed E-state index contributed by atoms with van der Waals surface area (Å²) in [5, 5.41) is 14.1. The van der Waals surface area contributed by atoms with Gasteiger partial charge >= 0.3 is 11.9 Å². The van der Waals surface area contributed by atoms with Crippen LogP contribution in [0.1, 0.15) is 37.0 Å². The number of carbonyl (C=O) groups is 3. The Morgan fingerprint density at radius 1 is 1.28 bits per heavy atom. The fraction of sp³-hybridized carbons (Fsp3) is 0.400. The number of aromatic nitrogens is 2. The van der Waals surface area contributed by atoms with Gasteiger partial charge in [-0.2, -0.15) is 0 Å². The molecule has 0 bridgehead atoms. The fourth-order valence-corrected chi connectivity index (χ4v) is 5.38. The summed E-state index contributed by atoms with van der Waals surface area (Å²) in [6.45, 7) is 1.75. The molecule has 36 heavy (non-hydrogen) atoms. The molecule has 15 nitrogen and oxygen atoms in total. The average Bonchev–Trinajstić information content (AvgIpc) is 3.41. The number of fused-ring (bicyclic) bond motifs is 1. The van der Waals surface area contributed by atoms with E-state index in [1.807, 2.05) is 0 Å². The number of nitro benzene ring substituents is 1. The molecule has 4 rings (SSSR count). The number of nitrogens with one attached hydrogen (secondary N) is 1. The van der Waals surface area contributed by atoms with Gasteiger partial charge in [0.25, 0.3) is 21.6 Å². The third-order valence-corrected chi connectivity index (χ3v) is 7.28. The average molecular weight is 523 g/mol. The SMILES string of the molecule is CC(=O)OC[C@H]1O[C@@H](n2cnc3c2NCN(S(=O)(=O)c2ccccc2[N+](=O)[O-])C3=O)C[C@@H]1OC(C)=O. The highest BCUT2D eigenvalue weighted by Crippen LogP contribution is 2.36. The zero-order valence-electron chi connectivity index (χ0n) is 19.0. The summed E-state index contributed by atoms with van der Waals surface area (Å²) in [5.41, 5.74) is -0.921. The molecule has 0 aliphatic carbocycles. The minimum atomic E-state index is -4.59. The van der Waals surface area contributed by atoms with Crippen LogP contribution in [0.3, 0.4) is 0 Å². The standard InChI is InChI=1S/C20H21N5O10S/c1-11(26)33-8-15-14(34-12(2)27)7-17(35-15)23-9-21-18-19(23)22-10-24(20(18)28)36(31,32)16-6-4-3-5-13(16)25(29)30/h3-6,9,14-15,17,22H,7-8,10H2,1-2H3/t14-,15+,17+/m0/s1. The Bertz CT molecular complexity index is 1340. The molecular formula is C20H21N5O10S. The number of amides is 1. The van der Waals surface area contributed by atoms with Crippen LogP contribution >= 0.6 is 0 Å². The number of nitro groups is 1. The molecular weight excluding hydrogens is 502 g/mol. The molecule has 2 aliphatic heterocycles. The largest absolute Gasteiger partial charge is 0.463 e. The molecule has 1 saturated heterocycles. The summed E-state index contributed by atoms with van der Waals surface area (Å²) in [4.78, 5) is 49.6. The van der Waals surface area contributed by atoms with Crippen molar-refractivity contribution < 1.29 is 41.9 Å². The van der Waals surface area contributed by atoms with E-state index >= 15 is 0 Å². The molecule has 0 spiro atoms. The lowest BCUT2D eigenvalue weighted by Crippen LogP contribution is -2.44. The third-order valence-electron chi connectivity index (χ3n) is 5.50. The maximum atomic E-state index is 13.1. The predicted molar refractivity (Wildman–Crippen MR) is 118 cm³/mol. The van der Waals surface area contributed by atoms with Crippen molar-refractivity contribution in [1.82, 2.24) is 13.9 Å². The number of carbonyl (C=O) groups excluding carboxylic acids is 3. The van der Waals surface area contributed by atoms with Gasteiger partial charge in [0.05, 0.1) is 11.3 Å². The van der Waals surface area contributed by atoms with Crippen LogP contribution in [0.2, 0.25) is 0 Å². The van der Waals surface area contributed by atoms with E-state index < -0.39 is 68.5 Å². The number of ether oxygens (including phenoxy) is 3. The number of para-hydroxylation sites is 1. The summed E-state index contributed by atoms with van der Waals surface area (Å²) in [5.74, 6) is -1.95. The normalized spacial score (nSPS) is 21.4. The second-order valence-corrected chi connectivity index (χ2v) is 9.71. The quantitative estimate of drug-likeness (QED) is 0.305. The number of benzene rings is 1. The number of hydrogen-bond acceptors (Lipinski definition) is 12. The molecule has 0 radical (unpaired) electrons. The highest BCUT2D eigenvalue weighted by atomic mass is 32.2. The van der Waals surface area contributed by atoms with Crippen molar-refractivity contribution in [1.29, 1.82) is 0 Å². The van der Waals surface area contributed by atoms with Crippen molar-refractivity contribution in [2.24, 2.45) is 0 Å². The highest BCUT2D eigenvalue weighted by molar-refractivity contribution is 7.89. The summed E-state index contributed by atoms with van der Waals surface area (Å²) in [7, 11) is -4.59. The van der Waals surface area contributed by atoms with Crippen LogP contribution in [0.4, 0.5) is 11.5 Å². The van der Waals surface area contributed by atoms with E-state index in [2.05, 4.69) is 10.3 Å². The van der Waals surface area contributed by atoms with Crippen LogP contribution in [-0.2, 0) is 33.8 Å². The van der Waals surface area contributed by atoms with Gasteiger partial charge in [-0.3, -0.25) is 29.1 Å². The van der Waals surface area contributed by atoms with Gasteiger partial charge in [-0.1, -0.05) is 12.1 Å². The van der Waals surface area contributed by atoms with Crippen LogP contribution in [0.15, 0.2) is 35.5 Å². The zero-order chi connectivity index (χ0) is 26.2. The summed E-state index contributed by atoms with van der Waals surface area (Å²) in [6, 6.07) is 4.69. The van der Waals surface area contributed by atoms with E-state index in [0.29, 0.717) is 4.31 Å². The lowest BCUT2D eigenvalue weighted by molar-refractivity contribution is -0.387. The molecule has 1 fully saturated rings. The van der Waals surface area contributed by atoms with Crippen molar-refractivity contribution in [2.75, 3.05) is 18.6 Å². The third kappa shape index (κ3) is 4.59. The van der Waals surface area contributed by atoms with Gasteiger partial charge in [-0.05, 0) is 6.07 Å². The molecule has 1 aromatic carbocycles. The number of nitrogens with zero attached hydrogens (tertiary/aromatic N) is 4. The van der Waals surface area contributed by atoms with Crippen LogP contribution < -0.4 is 5.32 Å². The molecule has 0 unspecified atom stereocenters. The molecule has 192 valence electrons. The number of imidazole rings is 1. The van der Waals surface area contributed by atoms with Crippen molar-refractivity contribution in [2.45, 2.75) is 43.6 Å². The van der Waals surface area contributed by atoms with E-state index in [1.165, 1.54) is 36.9 Å². The van der Waals surface area contributed by atoms with Gasteiger partial charge in [-0.25, -0.2) is 17.7 Å². The van der Waals surface area contributed by atoms with Crippen molar-refractivity contribution in [3.63, 3.8) is 0 Å². The molecule has 1 aromatic heterocycles. The summed E-state index contributed by atoms with van der Waals surface area (Å²) in [6.07, 6.45) is -0.928. The first-order valence-electron chi connectivity index (χ1n) is 10.6. The lowest BCUT2D eigenvalue weighted by Gasteiger charge is -2.28. The monoisotopic (exact) mass is 523 g/mol. The lowest BCUT2D eigenvalue weighted by atomic mass is 10.2. The van der Waals surface area contributed by atoms with Gasteiger partial charge < -0.3 is 19.5 Å². The van der Waals surface area contributed by atoms with Crippen LogP contribution in [-0.4, -0.2) is 70.5 Å².